The van der Waals surface area contributed by atoms with E-state index in [4.69, 9.17) is 5.11 Å². The van der Waals surface area contributed by atoms with Crippen LogP contribution in [0.4, 0.5) is 24.8 Å². The van der Waals surface area contributed by atoms with Gasteiger partial charge in [0, 0.05) is 25.1 Å². The molecule has 1 fully saturated rings. The molecule has 12 heteroatoms. The van der Waals surface area contributed by atoms with Crippen molar-refractivity contribution < 1.29 is 31.5 Å². The van der Waals surface area contributed by atoms with Gasteiger partial charge in [-0.25, -0.2) is 9.97 Å². The molecule has 0 radical (unpaired) electrons. The number of nitrogens with one attached hydrogen (secondary N) is 1. The van der Waals surface area contributed by atoms with Gasteiger partial charge < -0.3 is 10.0 Å². The molecule has 1 unspecified atom stereocenters. The van der Waals surface area contributed by atoms with Gasteiger partial charge in [0.25, 0.3) is 10.0 Å². The predicted octanol–water partition coefficient (Wildman–Crippen LogP) is 4.57. The van der Waals surface area contributed by atoms with Crippen LogP contribution in [0, 0.1) is 12.8 Å². The number of hydrogen-bond acceptors (Lipinski definition) is 6. The Morgan fingerprint density at radius 2 is 1.86 bits per heavy atom. The summed E-state index contributed by atoms with van der Waals surface area (Å²) in [6.07, 6.45) is -4.04. The molecule has 190 valence electrons. The highest BCUT2D eigenvalue weighted by atomic mass is 32.2. The number of hydrogen-bond donors (Lipinski definition) is 2. The number of nitrogens with zero attached hydrogens (tertiary/aromatic N) is 3. The number of rotatable bonds is 7. The lowest BCUT2D eigenvalue weighted by molar-refractivity contribution is -0.138. The molecule has 3 heterocycles. The summed E-state index contributed by atoms with van der Waals surface area (Å²) in [5.74, 6) is -0.883. The van der Waals surface area contributed by atoms with Crippen molar-refractivity contribution >= 4 is 27.6 Å². The van der Waals surface area contributed by atoms with E-state index in [0.717, 1.165) is 12.1 Å². The number of carboxylic acid groups (broad SMARTS) is 1. The lowest BCUT2D eigenvalue weighted by Gasteiger charge is -2.18. The molecule has 2 N–H and O–H groups in total. The molecule has 2 aromatic heterocycles. The first-order valence-corrected chi connectivity index (χ1v) is 12.5. The molecular weight excluding hydrogens is 497 g/mol. The highest BCUT2D eigenvalue weighted by Gasteiger charge is 2.35. The van der Waals surface area contributed by atoms with E-state index >= 15 is 0 Å². The lowest BCUT2D eigenvalue weighted by atomic mass is 10.0. The van der Waals surface area contributed by atoms with Crippen LogP contribution < -0.4 is 9.62 Å². The minimum atomic E-state index is -4.69. The average molecular weight is 521 g/mol. The number of carbonyl (C=O) groups is 1. The molecule has 1 aliphatic heterocycles. The summed E-state index contributed by atoms with van der Waals surface area (Å²) in [4.78, 5) is 21.0. The molecule has 0 spiro atoms. The molecular formula is C24H23F3N4O4S. The zero-order valence-electron chi connectivity index (χ0n) is 19.2. The molecule has 0 bridgehead atoms. The van der Waals surface area contributed by atoms with Crippen LogP contribution in [-0.2, 0) is 21.0 Å². The summed E-state index contributed by atoms with van der Waals surface area (Å²) in [5.41, 5.74) is -0.582. The van der Waals surface area contributed by atoms with E-state index in [1.54, 1.807) is 36.1 Å². The molecule has 0 aliphatic carbocycles. The van der Waals surface area contributed by atoms with Crippen LogP contribution in [0.15, 0.2) is 59.6 Å². The standard InChI is InChI=1S/C24H23F3N4O4S/c1-15-5-2-3-6-17(15)23-18(24(25,26)27)9-10-19(28-23)30-36(34,35)21-8-4-7-20(29-21)31-12-11-16(14-31)13-22(32)33/h2-10,16H,11-14H2,1H3,(H,28,30)(H,32,33). The first-order valence-electron chi connectivity index (χ1n) is 11.0. The first kappa shape index (κ1) is 25.4. The molecule has 36 heavy (non-hydrogen) atoms. The minimum Gasteiger partial charge on any atom is -0.481 e. The van der Waals surface area contributed by atoms with Gasteiger partial charge in [0.2, 0.25) is 0 Å². The number of benzene rings is 1. The SMILES string of the molecule is Cc1ccccc1-c1nc(NS(=O)(=O)c2cccc(N3CCC(CC(=O)O)C3)n2)ccc1C(F)(F)F. The summed E-state index contributed by atoms with van der Waals surface area (Å²) in [6, 6.07) is 12.5. The third kappa shape index (κ3) is 5.59. The number of alkyl halides is 3. The molecule has 0 amide bonds. The Bertz CT molecular complexity index is 1400. The van der Waals surface area contributed by atoms with Crippen LogP contribution >= 0.6 is 0 Å². The monoisotopic (exact) mass is 520 g/mol. The second kappa shape index (κ2) is 9.76. The smallest absolute Gasteiger partial charge is 0.418 e. The number of aromatic nitrogens is 2. The second-order valence-corrected chi connectivity index (χ2v) is 10.2. The van der Waals surface area contributed by atoms with Gasteiger partial charge in [-0.3, -0.25) is 9.52 Å². The molecule has 3 aromatic rings. The first-order chi connectivity index (χ1) is 16.9. The number of aryl methyl sites for hydroxylation is 1. The highest BCUT2D eigenvalue weighted by molar-refractivity contribution is 7.92. The summed E-state index contributed by atoms with van der Waals surface area (Å²) in [7, 11) is -4.28. The van der Waals surface area contributed by atoms with Gasteiger partial charge in [-0.15, -0.1) is 0 Å². The fourth-order valence-electron chi connectivity index (χ4n) is 4.16. The van der Waals surface area contributed by atoms with Crippen molar-refractivity contribution in [3.8, 4) is 11.3 Å². The molecule has 1 aromatic carbocycles. The quantitative estimate of drug-likeness (QED) is 0.469. The number of pyridine rings is 2. The van der Waals surface area contributed by atoms with E-state index in [1.165, 1.54) is 18.2 Å². The fourth-order valence-corrected chi connectivity index (χ4v) is 5.13. The van der Waals surface area contributed by atoms with Gasteiger partial charge in [-0.2, -0.15) is 21.6 Å². The summed E-state index contributed by atoms with van der Waals surface area (Å²) in [5, 5.41) is 8.67. The van der Waals surface area contributed by atoms with Gasteiger partial charge in [-0.1, -0.05) is 30.3 Å². The van der Waals surface area contributed by atoms with Crippen LogP contribution in [-0.4, -0.2) is 42.6 Å². The molecule has 8 nitrogen and oxygen atoms in total. The largest absolute Gasteiger partial charge is 0.481 e. The van der Waals surface area contributed by atoms with Gasteiger partial charge in [0.1, 0.15) is 11.6 Å². The summed E-state index contributed by atoms with van der Waals surface area (Å²) < 4.78 is 69.3. The van der Waals surface area contributed by atoms with Crippen molar-refractivity contribution in [3.63, 3.8) is 0 Å². The van der Waals surface area contributed by atoms with E-state index in [9.17, 15) is 26.4 Å². The zero-order valence-corrected chi connectivity index (χ0v) is 20.0. The van der Waals surface area contributed by atoms with Crippen LogP contribution in [0.1, 0.15) is 24.0 Å². The van der Waals surface area contributed by atoms with Crippen molar-refractivity contribution in [1.82, 2.24) is 9.97 Å². The number of aliphatic carboxylic acids is 1. The van der Waals surface area contributed by atoms with Crippen LogP contribution in [0.3, 0.4) is 0 Å². The van der Waals surface area contributed by atoms with Crippen molar-refractivity contribution in [2.24, 2.45) is 5.92 Å². The predicted molar refractivity (Wildman–Crippen MR) is 127 cm³/mol. The highest BCUT2D eigenvalue weighted by Crippen LogP contribution is 2.38. The molecule has 0 saturated carbocycles. The Kier molecular flexibility index (Phi) is 6.90. The number of carboxylic acids is 1. The average Bonchev–Trinajstić information content (AvgIpc) is 3.26. The van der Waals surface area contributed by atoms with E-state index < -0.39 is 27.7 Å². The maximum absolute atomic E-state index is 13.7. The van der Waals surface area contributed by atoms with Crippen molar-refractivity contribution in [2.45, 2.75) is 31.0 Å². The molecule has 1 aliphatic rings. The Labute approximate surface area is 205 Å². The minimum absolute atomic E-state index is 0.0128. The lowest BCUT2D eigenvalue weighted by Crippen LogP contribution is -2.23. The van der Waals surface area contributed by atoms with Gasteiger partial charge in [0.15, 0.2) is 5.03 Å². The molecule has 1 atom stereocenters. The Morgan fingerprint density at radius 1 is 1.11 bits per heavy atom. The Hall–Kier alpha value is -3.67. The maximum atomic E-state index is 13.7. The van der Waals surface area contributed by atoms with Gasteiger partial charge >= 0.3 is 12.1 Å². The van der Waals surface area contributed by atoms with Gasteiger partial charge in [-0.05, 0) is 49.1 Å². The maximum Gasteiger partial charge on any atom is 0.418 e. The third-order valence-corrected chi connectivity index (χ3v) is 7.15. The van der Waals surface area contributed by atoms with Gasteiger partial charge in [0.05, 0.1) is 11.3 Å². The molecule has 1 saturated heterocycles. The van der Waals surface area contributed by atoms with E-state index in [-0.39, 0.29) is 34.4 Å². The normalized spacial score (nSPS) is 16.2. The third-order valence-electron chi connectivity index (χ3n) is 5.90. The van der Waals surface area contributed by atoms with Crippen molar-refractivity contribution in [2.75, 3.05) is 22.7 Å². The topological polar surface area (TPSA) is 112 Å². The molecule has 4 rings (SSSR count). The summed E-state index contributed by atoms with van der Waals surface area (Å²) in [6.45, 7) is 2.60. The van der Waals surface area contributed by atoms with E-state index in [1.807, 2.05) is 0 Å². The van der Waals surface area contributed by atoms with Crippen LogP contribution in [0.2, 0.25) is 0 Å². The Morgan fingerprint density at radius 3 is 2.56 bits per heavy atom. The fraction of sp³-hybridized carbons (Fsp3) is 0.292. The van der Waals surface area contributed by atoms with Crippen molar-refractivity contribution in [3.05, 3.63) is 65.7 Å². The zero-order chi connectivity index (χ0) is 26.1. The number of sulfonamides is 1. The number of halogens is 3. The Balaban J connectivity index is 1.63. The van der Waals surface area contributed by atoms with E-state index in [2.05, 4.69) is 14.7 Å². The van der Waals surface area contributed by atoms with E-state index in [0.29, 0.717) is 30.9 Å². The van der Waals surface area contributed by atoms with Crippen LogP contribution in [0.25, 0.3) is 11.3 Å². The second-order valence-electron chi connectivity index (χ2n) is 8.54. The van der Waals surface area contributed by atoms with Crippen molar-refractivity contribution in [1.29, 1.82) is 0 Å². The van der Waals surface area contributed by atoms with Crippen LogP contribution in [0.5, 0.6) is 0 Å². The number of anilines is 2. The summed E-state index contributed by atoms with van der Waals surface area (Å²) >= 11 is 0.